The largest absolute Gasteiger partial charge is 0.504 e. The molecule has 0 radical (unpaired) electrons. The molecule has 1 N–H and O–H groups in total. The van der Waals surface area contributed by atoms with Gasteiger partial charge in [-0.2, -0.15) is 0 Å². The second kappa shape index (κ2) is 10.0. The number of rotatable bonds is 9. The van der Waals surface area contributed by atoms with Gasteiger partial charge in [0.1, 0.15) is 12.4 Å². The van der Waals surface area contributed by atoms with Gasteiger partial charge in [-0.3, -0.25) is 14.5 Å². The molecule has 6 nitrogen and oxygen atoms in total. The molecule has 156 valence electrons. The van der Waals surface area contributed by atoms with Crippen LogP contribution in [0.3, 0.4) is 0 Å². The van der Waals surface area contributed by atoms with E-state index in [9.17, 15) is 14.7 Å². The molecule has 1 aliphatic rings. The Labute approximate surface area is 179 Å². The van der Waals surface area contributed by atoms with E-state index in [1.54, 1.807) is 24.3 Å². The maximum absolute atomic E-state index is 12.7. The highest BCUT2D eigenvalue weighted by Gasteiger charge is 2.34. The third kappa shape index (κ3) is 5.04. The Morgan fingerprint density at radius 1 is 1.17 bits per heavy atom. The number of benzene rings is 2. The number of ether oxygens (including phenoxy) is 2. The molecule has 1 saturated heterocycles. The molecule has 2 aromatic rings. The zero-order valence-electron chi connectivity index (χ0n) is 16.7. The highest BCUT2D eigenvalue weighted by atomic mass is 32.2. The molecular weight excluding hydrogens is 402 g/mol. The number of phenolic OH excluding ortho intramolecular Hbond substituents is 1. The average molecular weight is 426 g/mol. The number of aromatic hydroxyl groups is 1. The van der Waals surface area contributed by atoms with Crippen molar-refractivity contribution in [1.82, 2.24) is 4.90 Å². The number of para-hydroxylation sites is 1. The highest BCUT2D eigenvalue weighted by molar-refractivity contribution is 8.18. The van der Waals surface area contributed by atoms with Gasteiger partial charge in [0.25, 0.3) is 11.1 Å². The lowest BCUT2D eigenvalue weighted by Gasteiger charge is -2.13. The predicted octanol–water partition coefficient (Wildman–Crippen LogP) is 4.63. The van der Waals surface area contributed by atoms with E-state index in [1.165, 1.54) is 4.90 Å². The SMILES string of the molecule is C=CCc1cc(/C=C2\SC(=O)N(CCOc3ccccc3)C2=O)cc(OCC)c1O. The van der Waals surface area contributed by atoms with Crippen molar-refractivity contribution in [1.29, 1.82) is 0 Å². The van der Waals surface area contributed by atoms with Gasteiger partial charge in [0.2, 0.25) is 0 Å². The van der Waals surface area contributed by atoms with E-state index in [-0.39, 0.29) is 30.0 Å². The van der Waals surface area contributed by atoms with Gasteiger partial charge in [-0.25, -0.2) is 0 Å². The van der Waals surface area contributed by atoms with E-state index in [4.69, 9.17) is 9.47 Å². The van der Waals surface area contributed by atoms with Crippen LogP contribution in [0.4, 0.5) is 4.79 Å². The molecule has 1 aliphatic heterocycles. The molecule has 0 saturated carbocycles. The van der Waals surface area contributed by atoms with Crippen LogP contribution in [0.2, 0.25) is 0 Å². The van der Waals surface area contributed by atoms with E-state index >= 15 is 0 Å². The zero-order chi connectivity index (χ0) is 21.5. The summed E-state index contributed by atoms with van der Waals surface area (Å²) in [5.41, 5.74) is 1.30. The fraction of sp³-hybridized carbons (Fsp3) is 0.217. The Hall–Kier alpha value is -3.19. The summed E-state index contributed by atoms with van der Waals surface area (Å²) in [6, 6.07) is 12.6. The van der Waals surface area contributed by atoms with Crippen molar-refractivity contribution in [2.24, 2.45) is 0 Å². The summed E-state index contributed by atoms with van der Waals surface area (Å²) in [6.07, 6.45) is 3.76. The average Bonchev–Trinajstić information content (AvgIpc) is 3.00. The Morgan fingerprint density at radius 3 is 2.63 bits per heavy atom. The molecular formula is C23H23NO5S. The molecule has 1 heterocycles. The van der Waals surface area contributed by atoms with E-state index < -0.39 is 0 Å². The molecule has 0 atom stereocenters. The van der Waals surface area contributed by atoms with Crippen LogP contribution in [0, 0.1) is 0 Å². The lowest BCUT2D eigenvalue weighted by atomic mass is 10.1. The summed E-state index contributed by atoms with van der Waals surface area (Å²) < 4.78 is 11.1. The third-order valence-corrected chi connectivity index (χ3v) is 5.25. The molecule has 0 aromatic heterocycles. The molecule has 2 amide bonds. The van der Waals surface area contributed by atoms with Gasteiger partial charge >= 0.3 is 0 Å². The molecule has 3 rings (SSSR count). The molecule has 1 fully saturated rings. The maximum Gasteiger partial charge on any atom is 0.293 e. The van der Waals surface area contributed by atoms with Crippen LogP contribution >= 0.6 is 11.8 Å². The Morgan fingerprint density at radius 2 is 1.93 bits per heavy atom. The second-order valence-electron chi connectivity index (χ2n) is 6.45. The third-order valence-electron chi connectivity index (χ3n) is 4.34. The Balaban J connectivity index is 1.75. The first-order valence-corrected chi connectivity index (χ1v) is 10.4. The van der Waals surface area contributed by atoms with Crippen LogP contribution in [-0.4, -0.2) is 40.9 Å². The Kier molecular flexibility index (Phi) is 7.19. The molecule has 0 spiro atoms. The maximum atomic E-state index is 12.7. The molecule has 30 heavy (non-hydrogen) atoms. The van der Waals surface area contributed by atoms with Crippen molar-refractivity contribution in [2.45, 2.75) is 13.3 Å². The van der Waals surface area contributed by atoms with Crippen molar-refractivity contribution >= 4 is 29.0 Å². The number of nitrogens with zero attached hydrogens (tertiary/aromatic N) is 1. The highest BCUT2D eigenvalue weighted by Crippen LogP contribution is 2.36. The lowest BCUT2D eigenvalue weighted by molar-refractivity contribution is -0.123. The van der Waals surface area contributed by atoms with Crippen molar-refractivity contribution in [3.63, 3.8) is 0 Å². The van der Waals surface area contributed by atoms with E-state index in [0.717, 1.165) is 11.8 Å². The number of amides is 2. The van der Waals surface area contributed by atoms with Crippen LogP contribution in [0.5, 0.6) is 17.2 Å². The summed E-state index contributed by atoms with van der Waals surface area (Å²) in [6.45, 7) is 6.29. The molecule has 0 aliphatic carbocycles. The van der Waals surface area contributed by atoms with Crippen molar-refractivity contribution in [2.75, 3.05) is 19.8 Å². The van der Waals surface area contributed by atoms with Gasteiger partial charge < -0.3 is 14.6 Å². The topological polar surface area (TPSA) is 76.1 Å². The number of hydrogen-bond acceptors (Lipinski definition) is 6. The minimum Gasteiger partial charge on any atom is -0.504 e. The first-order chi connectivity index (χ1) is 14.5. The monoisotopic (exact) mass is 425 g/mol. The van der Waals surface area contributed by atoms with Crippen LogP contribution < -0.4 is 9.47 Å². The van der Waals surface area contributed by atoms with E-state index in [1.807, 2.05) is 37.3 Å². The molecule has 7 heteroatoms. The van der Waals surface area contributed by atoms with Crippen molar-refractivity contribution < 1.29 is 24.2 Å². The van der Waals surface area contributed by atoms with E-state index in [0.29, 0.717) is 40.6 Å². The smallest absolute Gasteiger partial charge is 0.293 e. The number of allylic oxidation sites excluding steroid dienone is 1. The Bertz CT molecular complexity index is 971. The second-order valence-corrected chi connectivity index (χ2v) is 7.44. The number of carbonyl (C=O) groups excluding carboxylic acids is 2. The molecule has 0 bridgehead atoms. The van der Waals surface area contributed by atoms with Gasteiger partial charge in [0.15, 0.2) is 11.5 Å². The molecule has 0 unspecified atom stereocenters. The minimum atomic E-state index is -0.363. The summed E-state index contributed by atoms with van der Waals surface area (Å²) in [5.74, 6) is 0.707. The van der Waals surface area contributed by atoms with Gasteiger partial charge in [-0.05, 0) is 61.0 Å². The predicted molar refractivity (Wildman–Crippen MR) is 118 cm³/mol. The van der Waals surface area contributed by atoms with Crippen LogP contribution in [0.25, 0.3) is 6.08 Å². The quantitative estimate of drug-likeness (QED) is 0.466. The number of carbonyl (C=O) groups is 2. The number of imide groups is 1. The number of thioether (sulfide) groups is 1. The van der Waals surface area contributed by atoms with Crippen molar-refractivity contribution in [3.8, 4) is 17.2 Å². The fourth-order valence-electron chi connectivity index (χ4n) is 2.96. The van der Waals surface area contributed by atoms with Crippen LogP contribution in [0.15, 0.2) is 60.0 Å². The normalized spacial score (nSPS) is 15.0. The number of phenols is 1. The minimum absolute atomic E-state index is 0.0556. The first-order valence-electron chi connectivity index (χ1n) is 9.56. The van der Waals surface area contributed by atoms with Crippen molar-refractivity contribution in [3.05, 3.63) is 71.2 Å². The summed E-state index contributed by atoms with van der Waals surface area (Å²) in [7, 11) is 0. The zero-order valence-corrected chi connectivity index (χ0v) is 17.5. The summed E-state index contributed by atoms with van der Waals surface area (Å²) >= 11 is 0.885. The van der Waals surface area contributed by atoms with Crippen LogP contribution in [-0.2, 0) is 11.2 Å². The van der Waals surface area contributed by atoms with Crippen LogP contribution in [0.1, 0.15) is 18.1 Å². The van der Waals surface area contributed by atoms with E-state index in [2.05, 4.69) is 6.58 Å². The van der Waals surface area contributed by atoms with Gasteiger partial charge in [0, 0.05) is 5.56 Å². The van der Waals surface area contributed by atoms with Gasteiger partial charge in [-0.1, -0.05) is 24.3 Å². The lowest BCUT2D eigenvalue weighted by Crippen LogP contribution is -2.32. The summed E-state index contributed by atoms with van der Waals surface area (Å²) in [5, 5.41) is 9.99. The van der Waals surface area contributed by atoms with Gasteiger partial charge in [0.05, 0.1) is 18.1 Å². The number of hydrogen-bond donors (Lipinski definition) is 1. The summed E-state index contributed by atoms with van der Waals surface area (Å²) in [4.78, 5) is 26.5. The van der Waals surface area contributed by atoms with Gasteiger partial charge in [-0.15, -0.1) is 6.58 Å². The first kappa shape index (κ1) is 21.5. The standard InChI is InChI=1S/C23H23NO5S/c1-3-8-17-13-16(14-19(21(17)25)28-4-2)15-20-22(26)24(23(27)30-20)11-12-29-18-9-6-5-7-10-18/h3,5-7,9-10,13-15,25H,1,4,8,11-12H2,2H3/b20-15-. The molecule has 2 aromatic carbocycles. The fourth-order valence-corrected chi connectivity index (χ4v) is 3.83.